The van der Waals surface area contributed by atoms with Gasteiger partial charge in [-0.05, 0) is 18.4 Å². The van der Waals surface area contributed by atoms with Crippen LogP contribution in [0.2, 0.25) is 0 Å². The number of esters is 1. The van der Waals surface area contributed by atoms with Crippen LogP contribution in [0.3, 0.4) is 0 Å². The fourth-order valence-corrected chi connectivity index (χ4v) is 0.739. The Balaban J connectivity index is 2.69. The Morgan fingerprint density at radius 3 is 2.70 bits per heavy atom. The van der Waals surface area contributed by atoms with Crippen molar-refractivity contribution in [3.05, 3.63) is 10.4 Å². The van der Waals surface area contributed by atoms with Gasteiger partial charge in [-0.1, -0.05) is 5.11 Å². The second-order valence-corrected chi connectivity index (χ2v) is 2.21. The van der Waals surface area contributed by atoms with Crippen LogP contribution in [0.5, 0.6) is 0 Å². The van der Waals surface area contributed by atoms with Gasteiger partial charge in [0.05, 0.1) is 7.11 Å². The van der Waals surface area contributed by atoms with Gasteiger partial charge in [0.25, 0.3) is 0 Å². The van der Waals surface area contributed by atoms with E-state index in [0.29, 0.717) is 12.8 Å². The lowest BCUT2D eigenvalue weighted by molar-refractivity contribution is -0.143. The van der Waals surface area contributed by atoms with Crippen LogP contribution in [0.4, 0.5) is 0 Å². The summed E-state index contributed by atoms with van der Waals surface area (Å²) < 4.78 is 4.43. The zero-order valence-corrected chi connectivity index (χ0v) is 5.57. The van der Waals surface area contributed by atoms with Gasteiger partial charge in [-0.15, -0.1) is 0 Å². The minimum absolute atomic E-state index is 0.426. The summed E-state index contributed by atoms with van der Waals surface area (Å²) in [5.41, 5.74) is 7.19. The van der Waals surface area contributed by atoms with Crippen molar-refractivity contribution in [2.75, 3.05) is 7.11 Å². The van der Waals surface area contributed by atoms with Crippen LogP contribution in [0.15, 0.2) is 5.11 Å². The number of carbonyl (C=O) groups is 1. The van der Waals surface area contributed by atoms with E-state index in [1.54, 1.807) is 0 Å². The third-order valence-corrected chi connectivity index (χ3v) is 1.53. The summed E-state index contributed by atoms with van der Waals surface area (Å²) in [7, 11) is 1.29. The molecule has 0 aliphatic heterocycles. The van der Waals surface area contributed by atoms with Crippen LogP contribution in [-0.4, -0.2) is 18.6 Å². The topological polar surface area (TPSA) is 75.1 Å². The molecule has 0 aromatic carbocycles. The second-order valence-electron chi connectivity index (χ2n) is 2.21. The quantitative estimate of drug-likeness (QED) is 0.249. The fourth-order valence-electron chi connectivity index (χ4n) is 0.739. The Hall–Kier alpha value is -1.22. The predicted molar refractivity (Wildman–Crippen MR) is 33.1 cm³/mol. The maximum Gasteiger partial charge on any atom is 0.317 e. The highest BCUT2D eigenvalue weighted by atomic mass is 16.5. The minimum atomic E-state index is -0.844. The molecular weight excluding hydrogens is 134 g/mol. The molecular formula is C5H7N3O2. The summed E-state index contributed by atoms with van der Waals surface area (Å²) in [6, 6.07) is 0. The van der Waals surface area contributed by atoms with Crippen LogP contribution in [-0.2, 0) is 9.53 Å². The molecule has 1 rings (SSSR count). The Morgan fingerprint density at radius 1 is 1.80 bits per heavy atom. The van der Waals surface area contributed by atoms with Crippen molar-refractivity contribution in [2.45, 2.75) is 18.4 Å². The number of hydrogen-bond donors (Lipinski definition) is 0. The average molecular weight is 141 g/mol. The molecule has 0 spiro atoms. The summed E-state index contributed by atoms with van der Waals surface area (Å²) in [5.74, 6) is -0.426. The highest BCUT2D eigenvalue weighted by molar-refractivity contribution is 5.84. The lowest BCUT2D eigenvalue weighted by Gasteiger charge is -2.02. The lowest BCUT2D eigenvalue weighted by Crippen LogP contribution is -2.20. The van der Waals surface area contributed by atoms with E-state index in [2.05, 4.69) is 14.8 Å². The molecule has 1 saturated carbocycles. The van der Waals surface area contributed by atoms with Gasteiger partial charge in [-0.3, -0.25) is 4.79 Å². The third-order valence-electron chi connectivity index (χ3n) is 1.53. The Bertz CT molecular complexity index is 203. The predicted octanol–water partition coefficient (Wildman–Crippen LogP) is 1.00. The molecule has 5 nitrogen and oxygen atoms in total. The maximum absolute atomic E-state index is 10.8. The van der Waals surface area contributed by atoms with Crippen molar-refractivity contribution in [3.63, 3.8) is 0 Å². The van der Waals surface area contributed by atoms with E-state index in [1.165, 1.54) is 7.11 Å². The van der Waals surface area contributed by atoms with Crippen molar-refractivity contribution in [2.24, 2.45) is 5.11 Å². The zero-order chi connectivity index (χ0) is 7.61. The minimum Gasteiger partial charge on any atom is -0.468 e. The van der Waals surface area contributed by atoms with Crippen LogP contribution >= 0.6 is 0 Å². The number of azide groups is 1. The average Bonchev–Trinajstić information content (AvgIpc) is 2.69. The molecule has 0 amide bonds. The van der Waals surface area contributed by atoms with Gasteiger partial charge in [0.2, 0.25) is 0 Å². The smallest absolute Gasteiger partial charge is 0.317 e. The third kappa shape index (κ3) is 0.910. The van der Waals surface area contributed by atoms with E-state index in [4.69, 9.17) is 5.53 Å². The molecule has 0 saturated heterocycles. The first-order valence-corrected chi connectivity index (χ1v) is 2.90. The first kappa shape index (κ1) is 6.89. The lowest BCUT2D eigenvalue weighted by atomic mass is 10.3. The van der Waals surface area contributed by atoms with Gasteiger partial charge >= 0.3 is 5.97 Å². The largest absolute Gasteiger partial charge is 0.468 e. The zero-order valence-electron chi connectivity index (χ0n) is 5.57. The highest BCUT2D eigenvalue weighted by Crippen LogP contribution is 2.40. The van der Waals surface area contributed by atoms with Crippen molar-refractivity contribution in [3.8, 4) is 0 Å². The summed E-state index contributed by atoms with van der Waals surface area (Å²) in [4.78, 5) is 13.4. The first-order valence-electron chi connectivity index (χ1n) is 2.90. The molecule has 0 aromatic rings. The summed E-state index contributed by atoms with van der Waals surface area (Å²) in [6.07, 6.45) is 1.23. The number of hydrogen-bond acceptors (Lipinski definition) is 3. The molecule has 0 aromatic heterocycles. The standard InChI is InChI=1S/C5H7N3O2/c1-10-4(9)5(2-3-5)7-8-6/h2-3H2,1H3. The van der Waals surface area contributed by atoms with E-state index in [9.17, 15) is 4.79 Å². The maximum atomic E-state index is 10.8. The Kier molecular flexibility index (Phi) is 1.51. The van der Waals surface area contributed by atoms with Gasteiger partial charge < -0.3 is 4.74 Å². The molecule has 0 unspecified atom stereocenters. The van der Waals surface area contributed by atoms with Crippen molar-refractivity contribution in [1.82, 2.24) is 0 Å². The molecule has 0 N–H and O–H groups in total. The molecule has 1 fully saturated rings. The molecule has 10 heavy (non-hydrogen) atoms. The van der Waals surface area contributed by atoms with Gasteiger partial charge in [-0.2, -0.15) is 0 Å². The number of methoxy groups -OCH3 is 1. The van der Waals surface area contributed by atoms with Crippen molar-refractivity contribution >= 4 is 5.97 Å². The second kappa shape index (κ2) is 2.19. The number of rotatable bonds is 2. The van der Waals surface area contributed by atoms with Gasteiger partial charge in [0, 0.05) is 4.91 Å². The molecule has 1 aliphatic carbocycles. The summed E-state index contributed by atoms with van der Waals surface area (Å²) in [5, 5.41) is 3.34. The van der Waals surface area contributed by atoms with E-state index in [0.717, 1.165) is 0 Å². The van der Waals surface area contributed by atoms with Crippen molar-refractivity contribution in [1.29, 1.82) is 0 Å². The molecule has 0 atom stereocenters. The number of ether oxygens (including phenoxy) is 1. The molecule has 54 valence electrons. The highest BCUT2D eigenvalue weighted by Gasteiger charge is 2.50. The number of nitrogens with zero attached hydrogens (tertiary/aromatic N) is 3. The Morgan fingerprint density at radius 2 is 2.40 bits per heavy atom. The van der Waals surface area contributed by atoms with Crippen LogP contribution in [0.1, 0.15) is 12.8 Å². The molecule has 0 heterocycles. The molecule has 0 bridgehead atoms. The summed E-state index contributed by atoms with van der Waals surface area (Å²) in [6.45, 7) is 0. The van der Waals surface area contributed by atoms with Gasteiger partial charge in [0.15, 0.2) is 0 Å². The van der Waals surface area contributed by atoms with E-state index >= 15 is 0 Å². The normalized spacial score (nSPS) is 18.9. The SMILES string of the molecule is COC(=O)C1(N=[N+]=[N-])CC1. The number of carbonyl (C=O) groups excluding carboxylic acids is 1. The van der Waals surface area contributed by atoms with Crippen LogP contribution in [0, 0.1) is 0 Å². The molecule has 5 heteroatoms. The van der Waals surface area contributed by atoms with E-state index in [1.807, 2.05) is 0 Å². The van der Waals surface area contributed by atoms with E-state index in [-0.39, 0.29) is 0 Å². The summed E-state index contributed by atoms with van der Waals surface area (Å²) >= 11 is 0. The fraction of sp³-hybridized carbons (Fsp3) is 0.800. The monoisotopic (exact) mass is 141 g/mol. The molecule has 1 aliphatic rings. The first-order chi connectivity index (χ1) is 4.75. The van der Waals surface area contributed by atoms with Gasteiger partial charge in [0.1, 0.15) is 5.54 Å². The van der Waals surface area contributed by atoms with Crippen molar-refractivity contribution < 1.29 is 9.53 Å². The molecule has 0 radical (unpaired) electrons. The van der Waals surface area contributed by atoms with E-state index < -0.39 is 11.5 Å². The van der Waals surface area contributed by atoms with Crippen LogP contribution < -0.4 is 0 Å². The Labute approximate surface area is 57.6 Å². The van der Waals surface area contributed by atoms with Gasteiger partial charge in [-0.25, -0.2) is 0 Å². The van der Waals surface area contributed by atoms with Crippen LogP contribution in [0.25, 0.3) is 10.4 Å².